The monoisotopic (exact) mass is 226 g/mol. The van der Waals surface area contributed by atoms with Crippen molar-refractivity contribution in [1.29, 1.82) is 0 Å². The van der Waals surface area contributed by atoms with E-state index < -0.39 is 0 Å². The van der Waals surface area contributed by atoms with Crippen LogP contribution >= 0.6 is 11.8 Å². The number of rotatable bonds is 6. The van der Waals surface area contributed by atoms with Crippen molar-refractivity contribution in [3.8, 4) is 0 Å². The fourth-order valence-electron chi connectivity index (χ4n) is 1.22. The Balaban J connectivity index is 2.49. The Morgan fingerprint density at radius 2 is 2.07 bits per heavy atom. The number of nitrogens with one attached hydrogen (secondary N) is 2. The summed E-state index contributed by atoms with van der Waals surface area (Å²) in [4.78, 5) is 8.54. The lowest BCUT2D eigenvalue weighted by atomic mass is 10.4. The number of hydrogen-bond acceptors (Lipinski definition) is 5. The number of aromatic nitrogens is 2. The fourth-order valence-corrected chi connectivity index (χ4v) is 1.65. The summed E-state index contributed by atoms with van der Waals surface area (Å²) < 4.78 is 0. The van der Waals surface area contributed by atoms with Gasteiger partial charge in [-0.3, -0.25) is 0 Å². The third-order valence-electron chi connectivity index (χ3n) is 1.93. The first kappa shape index (κ1) is 12.1. The second-order valence-electron chi connectivity index (χ2n) is 3.21. The topological polar surface area (TPSA) is 49.8 Å². The van der Waals surface area contributed by atoms with E-state index in [9.17, 15) is 0 Å². The molecule has 1 rings (SSSR count). The molecular weight excluding hydrogens is 208 g/mol. The molecule has 0 aliphatic heterocycles. The minimum atomic E-state index is 0.786. The molecule has 0 unspecified atom stereocenters. The zero-order valence-corrected chi connectivity index (χ0v) is 10.3. The minimum Gasteiger partial charge on any atom is -0.373 e. The van der Waals surface area contributed by atoms with Crippen molar-refractivity contribution in [2.75, 3.05) is 36.2 Å². The molecule has 15 heavy (non-hydrogen) atoms. The predicted octanol–water partition coefficient (Wildman–Crippen LogP) is 1.99. The van der Waals surface area contributed by atoms with E-state index in [1.165, 1.54) is 5.75 Å². The van der Waals surface area contributed by atoms with Crippen LogP contribution in [0.4, 0.5) is 11.6 Å². The molecule has 0 amide bonds. The van der Waals surface area contributed by atoms with Gasteiger partial charge >= 0.3 is 0 Å². The van der Waals surface area contributed by atoms with Crippen LogP contribution in [0.5, 0.6) is 0 Å². The molecular formula is C10H18N4S. The van der Waals surface area contributed by atoms with Gasteiger partial charge in [-0.25, -0.2) is 9.97 Å². The number of nitrogens with zero attached hydrogens (tertiary/aromatic N) is 2. The smallest absolute Gasteiger partial charge is 0.131 e. The molecule has 0 radical (unpaired) electrons. The zero-order valence-electron chi connectivity index (χ0n) is 9.50. The Labute approximate surface area is 95.3 Å². The molecule has 0 atom stereocenters. The molecule has 4 nitrogen and oxygen atoms in total. The lowest BCUT2D eigenvalue weighted by Crippen LogP contribution is -2.06. The summed E-state index contributed by atoms with van der Waals surface area (Å²) in [6.07, 6.45) is 3.27. The maximum absolute atomic E-state index is 4.31. The summed E-state index contributed by atoms with van der Waals surface area (Å²) in [6, 6.07) is 1.92. The average Bonchev–Trinajstić information content (AvgIpc) is 2.23. The second-order valence-corrected chi connectivity index (χ2v) is 4.19. The Bertz CT molecular complexity index is 303. The van der Waals surface area contributed by atoms with Gasteiger partial charge in [0, 0.05) is 19.7 Å². The van der Waals surface area contributed by atoms with Crippen molar-refractivity contribution in [2.24, 2.45) is 0 Å². The highest BCUT2D eigenvalue weighted by molar-refractivity contribution is 7.98. The van der Waals surface area contributed by atoms with Crippen LogP contribution in [0, 0.1) is 6.92 Å². The van der Waals surface area contributed by atoms with Crippen molar-refractivity contribution >= 4 is 23.4 Å². The van der Waals surface area contributed by atoms with Crippen LogP contribution in [-0.2, 0) is 0 Å². The first-order valence-electron chi connectivity index (χ1n) is 5.02. The van der Waals surface area contributed by atoms with Crippen molar-refractivity contribution < 1.29 is 0 Å². The molecule has 0 aliphatic rings. The molecule has 5 heteroatoms. The highest BCUT2D eigenvalue weighted by Crippen LogP contribution is 2.10. The molecule has 1 heterocycles. The minimum absolute atomic E-state index is 0.786. The SMILES string of the molecule is CNc1cc(NCCCSC)nc(C)n1. The predicted molar refractivity (Wildman–Crippen MR) is 67.8 cm³/mol. The highest BCUT2D eigenvalue weighted by Gasteiger charge is 1.99. The number of aryl methyl sites for hydroxylation is 1. The van der Waals surface area contributed by atoms with Gasteiger partial charge in [0.25, 0.3) is 0 Å². The van der Waals surface area contributed by atoms with Gasteiger partial charge in [-0.15, -0.1) is 0 Å². The Kier molecular flexibility index (Phi) is 5.25. The average molecular weight is 226 g/mol. The van der Waals surface area contributed by atoms with E-state index in [-0.39, 0.29) is 0 Å². The van der Waals surface area contributed by atoms with Crippen molar-refractivity contribution in [2.45, 2.75) is 13.3 Å². The van der Waals surface area contributed by atoms with Crippen LogP contribution in [0.1, 0.15) is 12.2 Å². The lowest BCUT2D eigenvalue weighted by Gasteiger charge is -2.07. The molecule has 84 valence electrons. The van der Waals surface area contributed by atoms with Crippen LogP contribution in [0.25, 0.3) is 0 Å². The molecule has 0 saturated heterocycles. The summed E-state index contributed by atoms with van der Waals surface area (Å²) in [6.45, 7) is 2.86. The van der Waals surface area contributed by atoms with E-state index in [2.05, 4.69) is 26.9 Å². The Hall–Kier alpha value is -0.970. The summed E-state index contributed by atoms with van der Waals surface area (Å²) in [7, 11) is 1.86. The van der Waals surface area contributed by atoms with Gasteiger partial charge in [0.1, 0.15) is 17.5 Å². The van der Waals surface area contributed by atoms with Crippen molar-refractivity contribution in [3.63, 3.8) is 0 Å². The third kappa shape index (κ3) is 4.38. The van der Waals surface area contributed by atoms with Crippen LogP contribution < -0.4 is 10.6 Å². The Morgan fingerprint density at radius 1 is 1.33 bits per heavy atom. The first-order valence-corrected chi connectivity index (χ1v) is 6.42. The molecule has 0 aromatic carbocycles. The number of anilines is 2. The van der Waals surface area contributed by atoms with E-state index in [0.717, 1.165) is 30.4 Å². The molecule has 0 aliphatic carbocycles. The summed E-state index contributed by atoms with van der Waals surface area (Å²) in [5, 5.41) is 6.31. The van der Waals surface area contributed by atoms with E-state index in [1.807, 2.05) is 31.8 Å². The molecule has 1 aromatic rings. The van der Waals surface area contributed by atoms with E-state index in [0.29, 0.717) is 0 Å². The molecule has 0 bridgehead atoms. The molecule has 0 saturated carbocycles. The van der Waals surface area contributed by atoms with Gasteiger partial charge in [-0.2, -0.15) is 11.8 Å². The summed E-state index contributed by atoms with van der Waals surface area (Å²) in [5.41, 5.74) is 0. The maximum atomic E-state index is 4.31. The van der Waals surface area contributed by atoms with Gasteiger partial charge in [0.15, 0.2) is 0 Å². The van der Waals surface area contributed by atoms with E-state index >= 15 is 0 Å². The van der Waals surface area contributed by atoms with Crippen LogP contribution in [0.15, 0.2) is 6.07 Å². The quantitative estimate of drug-likeness (QED) is 0.727. The largest absolute Gasteiger partial charge is 0.373 e. The number of hydrogen-bond donors (Lipinski definition) is 2. The maximum Gasteiger partial charge on any atom is 0.131 e. The summed E-state index contributed by atoms with van der Waals surface area (Å²) >= 11 is 1.86. The zero-order chi connectivity index (χ0) is 11.1. The normalized spacial score (nSPS) is 10.1. The van der Waals surface area contributed by atoms with Crippen LogP contribution in [-0.4, -0.2) is 35.6 Å². The Morgan fingerprint density at radius 3 is 2.73 bits per heavy atom. The van der Waals surface area contributed by atoms with E-state index in [4.69, 9.17) is 0 Å². The van der Waals surface area contributed by atoms with Gasteiger partial charge in [-0.05, 0) is 25.4 Å². The molecule has 2 N–H and O–H groups in total. The summed E-state index contributed by atoms with van der Waals surface area (Å²) in [5.74, 6) is 3.72. The van der Waals surface area contributed by atoms with Gasteiger partial charge in [0.05, 0.1) is 0 Å². The van der Waals surface area contributed by atoms with Crippen LogP contribution in [0.2, 0.25) is 0 Å². The van der Waals surface area contributed by atoms with Gasteiger partial charge < -0.3 is 10.6 Å². The van der Waals surface area contributed by atoms with Crippen molar-refractivity contribution in [3.05, 3.63) is 11.9 Å². The fraction of sp³-hybridized carbons (Fsp3) is 0.600. The van der Waals surface area contributed by atoms with E-state index in [1.54, 1.807) is 0 Å². The third-order valence-corrected chi connectivity index (χ3v) is 2.62. The lowest BCUT2D eigenvalue weighted by molar-refractivity contribution is 0.964. The van der Waals surface area contributed by atoms with Crippen molar-refractivity contribution in [1.82, 2.24) is 9.97 Å². The second kappa shape index (κ2) is 6.50. The molecule has 0 spiro atoms. The molecule has 0 fully saturated rings. The number of thioether (sulfide) groups is 1. The standard InChI is InChI=1S/C10H18N4S/c1-8-13-9(11-2)7-10(14-8)12-5-4-6-15-3/h7H,4-6H2,1-3H3,(H2,11,12,13,14). The van der Waals surface area contributed by atoms with Gasteiger partial charge in [-0.1, -0.05) is 0 Å². The highest BCUT2D eigenvalue weighted by atomic mass is 32.2. The molecule has 1 aromatic heterocycles. The van der Waals surface area contributed by atoms with Gasteiger partial charge in [0.2, 0.25) is 0 Å². The first-order chi connectivity index (χ1) is 7.26. The van der Waals surface area contributed by atoms with Crippen LogP contribution in [0.3, 0.4) is 0 Å².